The molecule has 0 fully saturated rings. The van der Waals surface area contributed by atoms with Crippen LogP contribution >= 0.6 is 0 Å². The van der Waals surface area contributed by atoms with Gasteiger partial charge < -0.3 is 14.2 Å². The third kappa shape index (κ3) is 229. The van der Waals surface area contributed by atoms with Gasteiger partial charge in [-0.25, -0.2) is 0 Å². The predicted molar refractivity (Wildman–Crippen MR) is 23.2 cm³/mol. The Morgan fingerprint density at radius 1 is 1.30 bits per heavy atom. The first-order valence-electron chi connectivity index (χ1n) is 1.69. The van der Waals surface area contributed by atoms with Gasteiger partial charge in [0.05, 0.1) is 0 Å². The van der Waals surface area contributed by atoms with E-state index in [2.05, 4.69) is 0 Å². The van der Waals surface area contributed by atoms with Crippen LogP contribution in [-0.2, 0) is 10.4 Å². The largest absolute Gasteiger partial charge is 1.00 e. The normalized spacial score (nSPS) is 7.60. The molecule has 8 heteroatoms. The van der Waals surface area contributed by atoms with E-state index in [-0.39, 0.29) is 65.7 Å². The molecule has 0 radical (unpaired) electrons. The van der Waals surface area contributed by atoms with E-state index in [0.29, 0.717) is 0 Å². The third-order valence-electron chi connectivity index (χ3n) is 0. The summed E-state index contributed by atoms with van der Waals surface area (Å²) in [6.45, 7) is 1.93. The van der Waals surface area contributed by atoms with Crippen LogP contribution in [0.4, 0.5) is 0 Å². The second-order valence-electron chi connectivity index (χ2n) is 0.724. The van der Waals surface area contributed by atoms with E-state index in [1.54, 1.807) is 6.92 Å². The van der Waals surface area contributed by atoms with Gasteiger partial charge in [-0.2, -0.15) is 0 Å². The van der Waals surface area contributed by atoms with E-state index >= 15 is 0 Å². The van der Waals surface area contributed by atoms with Crippen molar-refractivity contribution in [2.75, 3.05) is 6.61 Å². The topological polar surface area (TPSA) is 100 Å². The Morgan fingerprint density at radius 2 is 1.30 bits per heavy atom. The quantitative estimate of drug-likeness (QED) is 0.231. The molecule has 0 rings (SSSR count). The van der Waals surface area contributed by atoms with Gasteiger partial charge >= 0.3 is 59.1 Å². The zero-order chi connectivity index (χ0) is 7.21. The van der Waals surface area contributed by atoms with Crippen molar-refractivity contribution in [3.05, 3.63) is 0 Å². The second kappa shape index (κ2) is 13.4. The van der Waals surface area contributed by atoms with Crippen molar-refractivity contribution >= 4 is 10.4 Å². The third-order valence-corrected chi connectivity index (χ3v) is 0. The minimum Gasteiger partial charge on any atom is -0.759 e. The van der Waals surface area contributed by atoms with Crippen LogP contribution in [0.5, 0.6) is 0 Å². The molecule has 0 aromatic carbocycles. The van der Waals surface area contributed by atoms with Gasteiger partial charge in [-0.05, 0) is 6.92 Å². The van der Waals surface area contributed by atoms with Crippen molar-refractivity contribution in [1.82, 2.24) is 0 Å². The second-order valence-corrected chi connectivity index (χ2v) is 1.54. The number of rotatable bonds is 0. The average Bonchev–Trinajstić information content (AvgIpc) is 1.27. The van der Waals surface area contributed by atoms with Gasteiger partial charge in [0.15, 0.2) is 0 Å². The van der Waals surface area contributed by atoms with Crippen LogP contribution in [-0.4, -0.2) is 29.2 Å². The first kappa shape index (κ1) is 22.6. The molecule has 0 bridgehead atoms. The van der Waals surface area contributed by atoms with Crippen LogP contribution in [0.15, 0.2) is 0 Å². The van der Waals surface area contributed by atoms with E-state index < -0.39 is 10.4 Å². The standard InChI is InChI=1S/C2H6O.2Na.H2O4S/c1-2-3;;;1-5(2,3)4/h3H,2H2,1H3;;;(H2,1,2,3,4)/q;2*+1;/p-2. The van der Waals surface area contributed by atoms with Gasteiger partial charge in [0.1, 0.15) is 0 Å². The van der Waals surface area contributed by atoms with Crippen molar-refractivity contribution < 1.29 is 81.7 Å². The summed E-state index contributed by atoms with van der Waals surface area (Å²) in [4.78, 5) is 0. The predicted octanol–water partition coefficient (Wildman–Crippen LogP) is -7.33. The Kier molecular flexibility index (Phi) is 30.4. The summed E-state index contributed by atoms with van der Waals surface area (Å²) in [5, 5.41) is 7.57. The molecule has 0 heterocycles. The Hall–Kier alpha value is 1.83. The number of aliphatic hydroxyl groups is 1. The Labute approximate surface area is 104 Å². The SMILES string of the molecule is CCO.O=S(=O)([O-])[O-].[Na+].[Na+]. The van der Waals surface area contributed by atoms with Crippen LogP contribution in [0.3, 0.4) is 0 Å². The molecule has 0 aliphatic heterocycles. The van der Waals surface area contributed by atoms with Crippen LogP contribution < -0.4 is 59.1 Å². The molecule has 52 valence electrons. The van der Waals surface area contributed by atoms with E-state index in [1.165, 1.54) is 0 Å². The van der Waals surface area contributed by atoms with E-state index in [4.69, 9.17) is 22.6 Å². The van der Waals surface area contributed by atoms with E-state index in [1.807, 2.05) is 0 Å². The number of aliphatic hydroxyl groups excluding tert-OH is 1. The van der Waals surface area contributed by atoms with Gasteiger partial charge in [-0.1, -0.05) is 0 Å². The fourth-order valence-electron chi connectivity index (χ4n) is 0. The van der Waals surface area contributed by atoms with Gasteiger partial charge in [-0.15, -0.1) is 0 Å². The minimum absolute atomic E-state index is 0. The molecule has 10 heavy (non-hydrogen) atoms. The van der Waals surface area contributed by atoms with Crippen LogP contribution in [0, 0.1) is 0 Å². The first-order chi connectivity index (χ1) is 3.41. The molecule has 0 spiro atoms. The molecule has 0 aliphatic rings. The molecule has 1 N–H and O–H groups in total. The Balaban J connectivity index is -0.0000000326. The van der Waals surface area contributed by atoms with Crippen molar-refractivity contribution in [2.24, 2.45) is 0 Å². The Morgan fingerprint density at radius 3 is 1.30 bits per heavy atom. The summed E-state index contributed by atoms with van der Waals surface area (Å²) in [7, 11) is -5.17. The fourth-order valence-corrected chi connectivity index (χ4v) is 0. The summed E-state index contributed by atoms with van der Waals surface area (Å²) in [6.07, 6.45) is 0. The molecule has 0 atom stereocenters. The first-order valence-corrected chi connectivity index (χ1v) is 3.02. The average molecular weight is 188 g/mol. The van der Waals surface area contributed by atoms with Crippen LogP contribution in [0.25, 0.3) is 0 Å². The molecular weight excluding hydrogens is 182 g/mol. The Bertz CT molecular complexity index is 112. The summed E-state index contributed by atoms with van der Waals surface area (Å²) < 4.78 is 34.1. The summed E-state index contributed by atoms with van der Waals surface area (Å²) in [5.74, 6) is 0. The number of hydrogen-bond acceptors (Lipinski definition) is 5. The summed E-state index contributed by atoms with van der Waals surface area (Å²) in [5.41, 5.74) is 0. The maximum absolute atomic E-state index is 8.52. The summed E-state index contributed by atoms with van der Waals surface area (Å²) >= 11 is 0. The molecule has 0 saturated carbocycles. The van der Waals surface area contributed by atoms with Gasteiger partial charge in [0.2, 0.25) is 0 Å². The maximum Gasteiger partial charge on any atom is 1.00 e. The fraction of sp³-hybridized carbons (Fsp3) is 1.00. The van der Waals surface area contributed by atoms with Gasteiger partial charge in [0.25, 0.3) is 0 Å². The zero-order valence-corrected chi connectivity index (χ0v) is 11.0. The van der Waals surface area contributed by atoms with E-state index in [9.17, 15) is 0 Å². The molecule has 0 saturated heterocycles. The molecule has 0 unspecified atom stereocenters. The van der Waals surface area contributed by atoms with Crippen molar-refractivity contribution in [3.8, 4) is 0 Å². The zero-order valence-electron chi connectivity index (χ0n) is 6.20. The molecule has 0 amide bonds. The molecule has 0 aromatic heterocycles. The minimum atomic E-state index is -5.17. The van der Waals surface area contributed by atoms with Crippen molar-refractivity contribution in [1.29, 1.82) is 0 Å². The monoisotopic (exact) mass is 188 g/mol. The smallest absolute Gasteiger partial charge is 0.759 e. The van der Waals surface area contributed by atoms with Crippen LogP contribution in [0.2, 0.25) is 0 Å². The van der Waals surface area contributed by atoms with E-state index in [0.717, 1.165) is 0 Å². The van der Waals surface area contributed by atoms with Crippen molar-refractivity contribution in [2.45, 2.75) is 6.92 Å². The number of hydrogen-bond donors (Lipinski definition) is 1. The summed E-state index contributed by atoms with van der Waals surface area (Å²) in [6, 6.07) is 0. The molecule has 0 aliphatic carbocycles. The van der Waals surface area contributed by atoms with Gasteiger partial charge in [0, 0.05) is 17.0 Å². The molecule has 0 aromatic rings. The maximum atomic E-state index is 8.52. The molecular formula is C2H6Na2O5S. The van der Waals surface area contributed by atoms with Crippen LogP contribution in [0.1, 0.15) is 6.92 Å². The van der Waals surface area contributed by atoms with Gasteiger partial charge in [-0.3, -0.25) is 8.42 Å². The van der Waals surface area contributed by atoms with Crippen molar-refractivity contribution in [3.63, 3.8) is 0 Å². The molecule has 5 nitrogen and oxygen atoms in total.